The van der Waals surface area contributed by atoms with Crippen molar-refractivity contribution in [1.29, 1.82) is 0 Å². The molecule has 4 nitrogen and oxygen atoms in total. The van der Waals surface area contributed by atoms with Gasteiger partial charge in [0, 0.05) is 48.3 Å². The first kappa shape index (κ1) is 14.1. The molecule has 0 unspecified atom stereocenters. The molecule has 114 valence electrons. The molecule has 1 saturated heterocycles. The maximum atomic E-state index is 11.8. The maximum Gasteiger partial charge on any atom is 0.231 e. The highest BCUT2D eigenvalue weighted by atomic mass is 32.2. The summed E-state index contributed by atoms with van der Waals surface area (Å²) in [6.07, 6.45) is 0.500. The molecule has 4 rings (SSSR count). The van der Waals surface area contributed by atoms with E-state index >= 15 is 0 Å². The lowest BCUT2D eigenvalue weighted by Crippen LogP contribution is -2.32. The number of thioether (sulfide) groups is 1. The topological polar surface area (TPSA) is 36.4 Å². The molecule has 0 N–H and O–H groups in total. The number of rotatable bonds is 2. The second-order valence-electron chi connectivity index (χ2n) is 5.59. The van der Waals surface area contributed by atoms with Gasteiger partial charge < -0.3 is 9.80 Å². The number of hydrogen-bond acceptors (Lipinski definition) is 5. The third kappa shape index (κ3) is 2.40. The van der Waals surface area contributed by atoms with Crippen molar-refractivity contribution in [2.45, 2.75) is 6.42 Å². The third-order valence-electron chi connectivity index (χ3n) is 4.23. The van der Waals surface area contributed by atoms with E-state index in [4.69, 9.17) is 4.98 Å². The highest BCUT2D eigenvalue weighted by molar-refractivity contribution is 7.99. The predicted octanol–water partition coefficient (Wildman–Crippen LogP) is 2.88. The van der Waals surface area contributed by atoms with Crippen molar-refractivity contribution in [3.05, 3.63) is 29.1 Å². The second kappa shape index (κ2) is 5.59. The minimum atomic E-state index is 0.164. The summed E-state index contributed by atoms with van der Waals surface area (Å²) in [5, 5.41) is 3.24. The van der Waals surface area contributed by atoms with Crippen molar-refractivity contribution >= 4 is 39.8 Å². The molecule has 0 aliphatic carbocycles. The second-order valence-corrected chi connectivity index (χ2v) is 7.65. The monoisotopic (exact) mass is 331 g/mol. The van der Waals surface area contributed by atoms with Crippen LogP contribution < -0.4 is 9.80 Å². The number of likely N-dealkylation sites (N-methyl/N-ethyl adjacent to an activating group) is 1. The van der Waals surface area contributed by atoms with Crippen molar-refractivity contribution in [3.8, 4) is 11.3 Å². The highest BCUT2D eigenvalue weighted by Crippen LogP contribution is 2.34. The summed E-state index contributed by atoms with van der Waals surface area (Å²) in [6.45, 7) is 2.17. The smallest absolute Gasteiger partial charge is 0.231 e. The first-order valence-electron chi connectivity index (χ1n) is 7.40. The van der Waals surface area contributed by atoms with Gasteiger partial charge in [-0.2, -0.15) is 11.8 Å². The van der Waals surface area contributed by atoms with Gasteiger partial charge in [0.2, 0.25) is 5.91 Å². The number of nitrogens with zero attached hydrogens (tertiary/aromatic N) is 3. The Balaban J connectivity index is 1.62. The zero-order valence-corrected chi connectivity index (χ0v) is 14.0. The minimum Gasteiger partial charge on any atom is -0.346 e. The molecule has 0 atom stereocenters. The van der Waals surface area contributed by atoms with Gasteiger partial charge in [0.05, 0.1) is 12.1 Å². The van der Waals surface area contributed by atoms with Gasteiger partial charge in [-0.3, -0.25) is 4.79 Å². The average molecular weight is 331 g/mol. The van der Waals surface area contributed by atoms with E-state index in [2.05, 4.69) is 22.4 Å². The molecule has 0 bridgehead atoms. The lowest BCUT2D eigenvalue weighted by molar-refractivity contribution is -0.117. The fourth-order valence-electron chi connectivity index (χ4n) is 2.93. The van der Waals surface area contributed by atoms with E-state index in [0.717, 1.165) is 40.7 Å². The molecule has 2 aliphatic rings. The lowest BCUT2D eigenvalue weighted by atomic mass is 10.1. The number of carbonyl (C=O) groups excluding carboxylic acids is 1. The number of aromatic nitrogens is 1. The Hall–Kier alpha value is -1.53. The van der Waals surface area contributed by atoms with Crippen LogP contribution in [0, 0.1) is 0 Å². The van der Waals surface area contributed by atoms with E-state index in [1.165, 1.54) is 11.5 Å². The average Bonchev–Trinajstić information content (AvgIpc) is 3.14. The molecule has 6 heteroatoms. The summed E-state index contributed by atoms with van der Waals surface area (Å²) in [7, 11) is 1.84. The molecule has 1 aromatic heterocycles. The van der Waals surface area contributed by atoms with E-state index in [0.29, 0.717) is 6.42 Å². The van der Waals surface area contributed by atoms with E-state index < -0.39 is 0 Å². The van der Waals surface area contributed by atoms with Crippen molar-refractivity contribution in [3.63, 3.8) is 0 Å². The van der Waals surface area contributed by atoms with Crippen LogP contribution in [0.3, 0.4) is 0 Å². The first-order valence-corrected chi connectivity index (χ1v) is 9.44. The van der Waals surface area contributed by atoms with Gasteiger partial charge in [0.15, 0.2) is 5.13 Å². The van der Waals surface area contributed by atoms with Crippen LogP contribution >= 0.6 is 23.1 Å². The lowest BCUT2D eigenvalue weighted by Gasteiger charge is -2.25. The largest absolute Gasteiger partial charge is 0.346 e. The molecule has 1 amide bonds. The Labute approximate surface area is 138 Å². The van der Waals surface area contributed by atoms with E-state index in [1.807, 2.05) is 24.9 Å². The van der Waals surface area contributed by atoms with Crippen LogP contribution in [0.2, 0.25) is 0 Å². The SMILES string of the molecule is CN1C(=O)Cc2cc(-c3csc(N4CCSCC4)n3)ccc21. The predicted molar refractivity (Wildman–Crippen MR) is 94.2 cm³/mol. The number of fused-ring (bicyclic) bond motifs is 1. The molecule has 1 aromatic carbocycles. The van der Waals surface area contributed by atoms with Crippen LogP contribution in [0.4, 0.5) is 10.8 Å². The quantitative estimate of drug-likeness (QED) is 0.848. The fourth-order valence-corrected chi connectivity index (χ4v) is 4.72. The number of thiazole rings is 1. The Kier molecular flexibility index (Phi) is 3.58. The van der Waals surface area contributed by atoms with Crippen molar-refractivity contribution in [1.82, 2.24) is 4.98 Å². The highest BCUT2D eigenvalue weighted by Gasteiger charge is 2.24. The minimum absolute atomic E-state index is 0.164. The molecule has 22 heavy (non-hydrogen) atoms. The Morgan fingerprint density at radius 3 is 2.86 bits per heavy atom. The van der Waals surface area contributed by atoms with E-state index in [1.54, 1.807) is 16.2 Å². The van der Waals surface area contributed by atoms with Crippen molar-refractivity contribution < 1.29 is 4.79 Å². The number of carbonyl (C=O) groups is 1. The van der Waals surface area contributed by atoms with Crippen LogP contribution in [0.1, 0.15) is 5.56 Å². The van der Waals surface area contributed by atoms with Gasteiger partial charge in [0.1, 0.15) is 0 Å². The van der Waals surface area contributed by atoms with Gasteiger partial charge >= 0.3 is 0 Å². The molecule has 2 aromatic rings. The zero-order valence-electron chi connectivity index (χ0n) is 12.4. The van der Waals surface area contributed by atoms with Crippen LogP contribution in [0.25, 0.3) is 11.3 Å². The van der Waals surface area contributed by atoms with Gasteiger partial charge in [-0.1, -0.05) is 6.07 Å². The number of anilines is 2. The molecule has 0 saturated carbocycles. The third-order valence-corrected chi connectivity index (χ3v) is 6.07. The van der Waals surface area contributed by atoms with Crippen LogP contribution in [-0.2, 0) is 11.2 Å². The number of hydrogen-bond donors (Lipinski definition) is 0. The van der Waals surface area contributed by atoms with Crippen LogP contribution in [0.5, 0.6) is 0 Å². The molecule has 0 radical (unpaired) electrons. The fraction of sp³-hybridized carbons (Fsp3) is 0.375. The summed E-state index contributed by atoms with van der Waals surface area (Å²) >= 11 is 3.72. The van der Waals surface area contributed by atoms with E-state index in [9.17, 15) is 4.79 Å². The molecule has 1 fully saturated rings. The molecular weight excluding hydrogens is 314 g/mol. The van der Waals surface area contributed by atoms with Gasteiger partial charge in [-0.15, -0.1) is 11.3 Å². The Bertz CT molecular complexity index is 722. The Morgan fingerprint density at radius 2 is 2.05 bits per heavy atom. The summed E-state index contributed by atoms with van der Waals surface area (Å²) in [5.41, 5.74) is 4.25. The van der Waals surface area contributed by atoms with Crippen LogP contribution in [-0.4, -0.2) is 42.5 Å². The summed E-state index contributed by atoms with van der Waals surface area (Å²) in [6, 6.07) is 6.21. The molecule has 3 heterocycles. The number of benzene rings is 1. The molecule has 0 spiro atoms. The maximum absolute atomic E-state index is 11.8. The first-order chi connectivity index (χ1) is 10.7. The summed E-state index contributed by atoms with van der Waals surface area (Å²) in [5.74, 6) is 2.53. The van der Waals surface area contributed by atoms with Gasteiger partial charge in [-0.05, 0) is 17.7 Å². The summed E-state index contributed by atoms with van der Waals surface area (Å²) < 4.78 is 0. The standard InChI is InChI=1S/C16H17N3OS2/c1-18-14-3-2-11(8-12(14)9-15(18)20)13-10-22-16(17-13)19-4-6-21-7-5-19/h2-3,8,10H,4-7,9H2,1H3. The van der Waals surface area contributed by atoms with Gasteiger partial charge in [-0.25, -0.2) is 4.98 Å². The number of amides is 1. The molecule has 2 aliphatic heterocycles. The summed E-state index contributed by atoms with van der Waals surface area (Å²) in [4.78, 5) is 20.7. The Morgan fingerprint density at radius 1 is 1.23 bits per heavy atom. The molecular formula is C16H17N3OS2. The van der Waals surface area contributed by atoms with Crippen LogP contribution in [0.15, 0.2) is 23.6 Å². The van der Waals surface area contributed by atoms with Gasteiger partial charge in [0.25, 0.3) is 0 Å². The van der Waals surface area contributed by atoms with E-state index in [-0.39, 0.29) is 5.91 Å². The van der Waals surface area contributed by atoms with Crippen molar-refractivity contribution in [2.24, 2.45) is 0 Å². The normalized spacial score (nSPS) is 18.0. The van der Waals surface area contributed by atoms with Crippen molar-refractivity contribution in [2.75, 3.05) is 41.4 Å². The zero-order chi connectivity index (χ0) is 15.1.